The first-order chi connectivity index (χ1) is 14.7. The SMILES string of the molecule is CN(C)S(=O)(=O)N1CCC[C@@H](C(=O)Nc2ccc(C34CC5CC(CC(C5)C3)C4)cc2)C1. The molecule has 1 aliphatic heterocycles. The van der Waals surface area contributed by atoms with Gasteiger partial charge >= 0.3 is 0 Å². The van der Waals surface area contributed by atoms with E-state index in [0.717, 1.165) is 29.9 Å². The highest BCUT2D eigenvalue weighted by atomic mass is 32.2. The lowest BCUT2D eigenvalue weighted by atomic mass is 9.48. The molecule has 1 aromatic rings. The largest absolute Gasteiger partial charge is 0.326 e. The molecule has 5 fully saturated rings. The van der Waals surface area contributed by atoms with Crippen molar-refractivity contribution in [3.05, 3.63) is 29.8 Å². The monoisotopic (exact) mass is 445 g/mol. The van der Waals surface area contributed by atoms with Crippen molar-refractivity contribution in [3.8, 4) is 0 Å². The lowest BCUT2D eigenvalue weighted by molar-refractivity contribution is -0.120. The van der Waals surface area contributed by atoms with Crippen molar-refractivity contribution in [1.29, 1.82) is 0 Å². The Kier molecular flexibility index (Phi) is 5.42. The van der Waals surface area contributed by atoms with Crippen LogP contribution in [0.4, 0.5) is 5.69 Å². The number of amides is 1. The Balaban J connectivity index is 1.25. The number of piperidine rings is 1. The van der Waals surface area contributed by atoms with E-state index in [-0.39, 0.29) is 18.4 Å². The zero-order chi connectivity index (χ0) is 21.8. The maximum atomic E-state index is 12.9. The molecule has 1 heterocycles. The van der Waals surface area contributed by atoms with Gasteiger partial charge in [-0.2, -0.15) is 17.0 Å². The molecule has 4 aliphatic carbocycles. The van der Waals surface area contributed by atoms with Crippen molar-refractivity contribution < 1.29 is 13.2 Å². The lowest BCUT2D eigenvalue weighted by Crippen LogP contribution is -2.48. The van der Waals surface area contributed by atoms with Crippen LogP contribution < -0.4 is 5.32 Å². The topological polar surface area (TPSA) is 69.7 Å². The fourth-order valence-corrected chi connectivity index (χ4v) is 8.40. The van der Waals surface area contributed by atoms with Gasteiger partial charge in [0.2, 0.25) is 5.91 Å². The summed E-state index contributed by atoms with van der Waals surface area (Å²) < 4.78 is 27.5. The van der Waals surface area contributed by atoms with Gasteiger partial charge in [-0.3, -0.25) is 4.79 Å². The number of benzene rings is 1. The molecule has 1 aromatic carbocycles. The van der Waals surface area contributed by atoms with E-state index in [9.17, 15) is 13.2 Å². The van der Waals surface area contributed by atoms with Crippen LogP contribution in [0.25, 0.3) is 0 Å². The van der Waals surface area contributed by atoms with Crippen LogP contribution in [-0.4, -0.2) is 50.1 Å². The van der Waals surface area contributed by atoms with Crippen molar-refractivity contribution in [2.45, 2.75) is 56.8 Å². The van der Waals surface area contributed by atoms with Crippen LogP contribution in [0.2, 0.25) is 0 Å². The van der Waals surface area contributed by atoms with Gasteiger partial charge in [0.05, 0.1) is 5.92 Å². The first kappa shape index (κ1) is 21.4. The van der Waals surface area contributed by atoms with Gasteiger partial charge in [0.15, 0.2) is 0 Å². The van der Waals surface area contributed by atoms with Gasteiger partial charge in [0, 0.05) is 32.9 Å². The van der Waals surface area contributed by atoms with Crippen LogP contribution in [0.5, 0.6) is 0 Å². The second-order valence-corrected chi connectivity index (χ2v) is 12.9. The molecular weight excluding hydrogens is 410 g/mol. The number of anilines is 1. The summed E-state index contributed by atoms with van der Waals surface area (Å²) in [7, 11) is -0.416. The van der Waals surface area contributed by atoms with E-state index < -0.39 is 10.2 Å². The predicted octanol–water partition coefficient (Wildman–Crippen LogP) is 3.61. The summed E-state index contributed by atoms with van der Waals surface area (Å²) in [6.07, 6.45) is 9.75. The van der Waals surface area contributed by atoms with E-state index in [1.165, 1.54) is 66.8 Å². The van der Waals surface area contributed by atoms with Gasteiger partial charge in [-0.05, 0) is 92.2 Å². The highest BCUT2D eigenvalue weighted by Gasteiger charge is 2.51. The first-order valence-corrected chi connectivity index (χ1v) is 13.2. The number of nitrogens with one attached hydrogen (secondary N) is 1. The van der Waals surface area contributed by atoms with Gasteiger partial charge in [0.25, 0.3) is 10.2 Å². The van der Waals surface area contributed by atoms with Gasteiger partial charge in [-0.15, -0.1) is 0 Å². The Morgan fingerprint density at radius 1 is 1.03 bits per heavy atom. The van der Waals surface area contributed by atoms with E-state index in [2.05, 4.69) is 17.4 Å². The smallest absolute Gasteiger partial charge is 0.281 e. The van der Waals surface area contributed by atoms with Gasteiger partial charge in [-0.1, -0.05) is 12.1 Å². The Morgan fingerprint density at radius 2 is 1.61 bits per heavy atom. The van der Waals surface area contributed by atoms with Crippen LogP contribution in [0.15, 0.2) is 24.3 Å². The molecule has 4 bridgehead atoms. The minimum Gasteiger partial charge on any atom is -0.326 e. The molecule has 0 radical (unpaired) electrons. The average molecular weight is 446 g/mol. The highest BCUT2D eigenvalue weighted by molar-refractivity contribution is 7.86. The first-order valence-electron chi connectivity index (χ1n) is 11.8. The van der Waals surface area contributed by atoms with Gasteiger partial charge in [0.1, 0.15) is 0 Å². The van der Waals surface area contributed by atoms with Crippen molar-refractivity contribution in [2.24, 2.45) is 23.7 Å². The van der Waals surface area contributed by atoms with E-state index >= 15 is 0 Å². The fraction of sp³-hybridized carbons (Fsp3) is 0.708. The summed E-state index contributed by atoms with van der Waals surface area (Å²) in [6, 6.07) is 8.55. The summed E-state index contributed by atoms with van der Waals surface area (Å²) in [4.78, 5) is 12.9. The number of hydrogen-bond donors (Lipinski definition) is 1. The lowest BCUT2D eigenvalue weighted by Gasteiger charge is -2.57. The molecular formula is C24H35N3O3S. The van der Waals surface area contributed by atoms with Crippen molar-refractivity contribution >= 4 is 21.8 Å². The second-order valence-electron chi connectivity index (χ2n) is 10.8. The Morgan fingerprint density at radius 3 is 2.16 bits per heavy atom. The van der Waals surface area contributed by atoms with E-state index in [1.54, 1.807) is 0 Å². The minimum absolute atomic E-state index is 0.0822. The normalized spacial score (nSPS) is 35.5. The van der Waals surface area contributed by atoms with Crippen LogP contribution in [0, 0.1) is 23.7 Å². The molecule has 5 aliphatic rings. The molecule has 6 rings (SSSR count). The van der Waals surface area contributed by atoms with E-state index in [4.69, 9.17) is 0 Å². The third kappa shape index (κ3) is 3.93. The van der Waals surface area contributed by atoms with Crippen LogP contribution in [-0.2, 0) is 20.4 Å². The zero-order valence-electron chi connectivity index (χ0n) is 18.7. The average Bonchev–Trinajstić information content (AvgIpc) is 2.73. The maximum absolute atomic E-state index is 12.9. The number of carbonyl (C=O) groups excluding carboxylic acids is 1. The molecule has 1 amide bonds. The summed E-state index contributed by atoms with van der Waals surface area (Å²) >= 11 is 0. The summed E-state index contributed by atoms with van der Waals surface area (Å²) in [5.74, 6) is 2.35. The third-order valence-electron chi connectivity index (χ3n) is 8.35. The van der Waals surface area contributed by atoms with Crippen molar-refractivity contribution in [1.82, 2.24) is 8.61 Å². The molecule has 6 nitrogen and oxygen atoms in total. The number of rotatable bonds is 5. The molecule has 1 atom stereocenters. The second kappa shape index (κ2) is 7.85. The molecule has 0 aromatic heterocycles. The summed E-state index contributed by atoms with van der Waals surface area (Å²) in [5, 5.41) is 3.04. The van der Waals surface area contributed by atoms with Gasteiger partial charge in [-0.25, -0.2) is 0 Å². The Hall–Kier alpha value is -1.44. The molecule has 1 saturated heterocycles. The number of hydrogen-bond acceptors (Lipinski definition) is 3. The molecule has 0 spiro atoms. The molecule has 31 heavy (non-hydrogen) atoms. The van der Waals surface area contributed by atoms with Crippen molar-refractivity contribution in [2.75, 3.05) is 32.5 Å². The predicted molar refractivity (Wildman–Crippen MR) is 122 cm³/mol. The van der Waals surface area contributed by atoms with Crippen LogP contribution in [0.3, 0.4) is 0 Å². The van der Waals surface area contributed by atoms with Crippen molar-refractivity contribution in [3.63, 3.8) is 0 Å². The van der Waals surface area contributed by atoms with Gasteiger partial charge < -0.3 is 5.32 Å². The third-order valence-corrected chi connectivity index (χ3v) is 10.3. The molecule has 170 valence electrons. The summed E-state index contributed by atoms with van der Waals surface area (Å²) in [6.45, 7) is 0.724. The molecule has 0 unspecified atom stereocenters. The highest BCUT2D eigenvalue weighted by Crippen LogP contribution is 2.60. The maximum Gasteiger partial charge on any atom is 0.281 e. The quantitative estimate of drug-likeness (QED) is 0.753. The minimum atomic E-state index is -3.48. The summed E-state index contributed by atoms with van der Waals surface area (Å²) in [5.41, 5.74) is 2.62. The van der Waals surface area contributed by atoms with Crippen LogP contribution in [0.1, 0.15) is 56.9 Å². The Labute approximate surface area is 186 Å². The van der Waals surface area contributed by atoms with E-state index in [0.29, 0.717) is 18.4 Å². The van der Waals surface area contributed by atoms with E-state index in [1.807, 2.05) is 12.1 Å². The van der Waals surface area contributed by atoms with Crippen LogP contribution >= 0.6 is 0 Å². The number of carbonyl (C=O) groups is 1. The zero-order valence-corrected chi connectivity index (χ0v) is 19.5. The fourth-order valence-electron chi connectivity index (χ4n) is 7.21. The molecule has 7 heteroatoms. The number of nitrogens with zero attached hydrogens (tertiary/aromatic N) is 2. The molecule has 4 saturated carbocycles. The molecule has 1 N–H and O–H groups in total. The Bertz CT molecular complexity index is 906. The standard InChI is InChI=1S/C24H35N3O3S/c1-26(2)31(29,30)27-9-3-4-20(16-27)23(28)25-22-7-5-21(6-8-22)24-13-17-10-18(14-24)12-19(11-17)15-24/h5-8,17-20H,3-4,9-16H2,1-2H3,(H,25,28)/t17?,18?,19?,20-,24?/m1/s1.